The van der Waals surface area contributed by atoms with Crippen molar-refractivity contribution >= 4 is 38.9 Å². The molecule has 0 aliphatic rings. The molecule has 10 heteroatoms. The first-order valence-corrected chi connectivity index (χ1v) is 10.00. The van der Waals surface area contributed by atoms with Crippen molar-refractivity contribution in [2.45, 2.75) is 4.90 Å². The minimum atomic E-state index is -4.03. The summed E-state index contributed by atoms with van der Waals surface area (Å²) in [5, 5.41) is 7.74. The lowest BCUT2D eigenvalue weighted by molar-refractivity contribution is 0.0992. The maximum absolute atomic E-state index is 13.3. The fraction of sp³-hybridized carbons (Fsp3) is 0. The Labute approximate surface area is 170 Å². The normalized spacial score (nSPS) is 10.7. The first-order chi connectivity index (χ1) is 13.8. The van der Waals surface area contributed by atoms with Gasteiger partial charge in [0.1, 0.15) is 5.82 Å². The molecule has 0 aromatic heterocycles. The molecular formula is C19H13ClFN4O3S+. The first-order valence-electron chi connectivity index (χ1n) is 8.13. The largest absolute Gasteiger partial charge is 0.360 e. The van der Waals surface area contributed by atoms with Crippen LogP contribution in [0.4, 0.5) is 15.8 Å². The van der Waals surface area contributed by atoms with Gasteiger partial charge in [-0.3, -0.25) is 9.52 Å². The number of carbonyl (C=O) groups excluding carboxylic acids is 1. The van der Waals surface area contributed by atoms with Crippen molar-refractivity contribution in [1.82, 2.24) is 4.91 Å². The average Bonchev–Trinajstić information content (AvgIpc) is 2.69. The highest BCUT2D eigenvalue weighted by atomic mass is 35.5. The van der Waals surface area contributed by atoms with E-state index >= 15 is 0 Å². The zero-order valence-corrected chi connectivity index (χ0v) is 16.2. The molecule has 0 saturated carbocycles. The van der Waals surface area contributed by atoms with Crippen LogP contribution in [0.25, 0.3) is 0 Å². The standard InChI is InChI=1S/C19H13ClFN4O3S/c20-14-7-9-16(10-8-14)22-25-23-19(26)13-3-1-6-18(11-13)29(27,28)24-17-5-2-4-15(21)12-17/h1-12,24H/q+1. The summed E-state index contributed by atoms with van der Waals surface area (Å²) in [7, 11) is -4.03. The number of hydrogen-bond donors (Lipinski definition) is 1. The number of hydrogen-bond acceptors (Lipinski definition) is 4. The molecule has 0 heterocycles. The van der Waals surface area contributed by atoms with E-state index in [-0.39, 0.29) is 16.1 Å². The van der Waals surface area contributed by atoms with Crippen molar-refractivity contribution in [3.8, 4) is 0 Å². The third-order valence-corrected chi connectivity index (χ3v) is 5.22. The SMILES string of the molecule is O=C(N=[N+]=Nc1ccc(Cl)cc1)c1cccc(S(=O)(=O)Nc2cccc(F)c2)c1. The van der Waals surface area contributed by atoms with Gasteiger partial charge in [-0.1, -0.05) is 23.7 Å². The molecule has 3 aromatic rings. The predicted octanol–water partition coefficient (Wildman–Crippen LogP) is 4.72. The molecule has 0 atom stereocenters. The van der Waals surface area contributed by atoms with Crippen LogP contribution in [-0.4, -0.2) is 14.3 Å². The Bertz CT molecular complexity index is 1220. The van der Waals surface area contributed by atoms with E-state index in [1.807, 2.05) is 0 Å². The van der Waals surface area contributed by atoms with E-state index in [1.54, 1.807) is 24.3 Å². The molecule has 0 aliphatic heterocycles. The molecule has 0 fully saturated rings. The number of carbonyl (C=O) groups is 1. The van der Waals surface area contributed by atoms with Crippen LogP contribution in [0, 0.1) is 5.82 Å². The van der Waals surface area contributed by atoms with Gasteiger partial charge in [0.15, 0.2) is 10.8 Å². The van der Waals surface area contributed by atoms with Crippen LogP contribution in [0.1, 0.15) is 10.4 Å². The van der Waals surface area contributed by atoms with Crippen LogP contribution in [0.3, 0.4) is 0 Å². The average molecular weight is 432 g/mol. The maximum atomic E-state index is 13.3. The molecule has 0 aliphatic carbocycles. The van der Waals surface area contributed by atoms with Crippen molar-refractivity contribution in [3.63, 3.8) is 0 Å². The molecular weight excluding hydrogens is 419 g/mol. The summed E-state index contributed by atoms with van der Waals surface area (Å²) < 4.78 is 40.5. The number of benzene rings is 3. The first kappa shape index (κ1) is 20.3. The number of sulfonamides is 1. The van der Waals surface area contributed by atoms with Gasteiger partial charge in [0, 0.05) is 5.02 Å². The van der Waals surface area contributed by atoms with Gasteiger partial charge in [0.05, 0.1) is 16.1 Å². The van der Waals surface area contributed by atoms with E-state index in [4.69, 9.17) is 11.6 Å². The predicted molar refractivity (Wildman–Crippen MR) is 106 cm³/mol. The monoisotopic (exact) mass is 431 g/mol. The number of anilines is 1. The molecule has 3 aromatic carbocycles. The maximum Gasteiger partial charge on any atom is 0.360 e. The van der Waals surface area contributed by atoms with Gasteiger partial charge in [-0.15, -0.1) is 0 Å². The van der Waals surface area contributed by atoms with Crippen molar-refractivity contribution in [3.05, 3.63) is 89.2 Å². The Kier molecular flexibility index (Phi) is 6.13. The second-order valence-electron chi connectivity index (χ2n) is 5.71. The summed E-state index contributed by atoms with van der Waals surface area (Å²) in [5.74, 6) is -1.36. The molecule has 1 amide bonds. The molecule has 0 spiro atoms. The quantitative estimate of drug-likeness (QED) is 0.466. The van der Waals surface area contributed by atoms with Gasteiger partial charge in [-0.05, 0) is 60.7 Å². The van der Waals surface area contributed by atoms with Gasteiger partial charge in [-0.2, -0.15) is 0 Å². The lowest BCUT2D eigenvalue weighted by Crippen LogP contribution is -2.13. The van der Waals surface area contributed by atoms with Gasteiger partial charge >= 0.3 is 5.91 Å². The van der Waals surface area contributed by atoms with Gasteiger partial charge in [0.2, 0.25) is 10.0 Å². The highest BCUT2D eigenvalue weighted by molar-refractivity contribution is 7.92. The van der Waals surface area contributed by atoms with E-state index in [9.17, 15) is 17.6 Å². The fourth-order valence-corrected chi connectivity index (χ4v) is 3.46. The van der Waals surface area contributed by atoms with Crippen LogP contribution in [0.15, 0.2) is 87.9 Å². The van der Waals surface area contributed by atoms with Crippen LogP contribution < -0.4 is 9.63 Å². The van der Waals surface area contributed by atoms with E-state index < -0.39 is 21.7 Å². The zero-order valence-electron chi connectivity index (χ0n) is 14.7. The zero-order chi connectivity index (χ0) is 20.9. The molecule has 3 rings (SSSR count). The molecule has 7 nitrogen and oxygen atoms in total. The second-order valence-corrected chi connectivity index (χ2v) is 7.83. The minimum Gasteiger partial charge on any atom is -0.280 e. The highest BCUT2D eigenvalue weighted by Gasteiger charge is 2.18. The summed E-state index contributed by atoms with van der Waals surface area (Å²) >= 11 is 5.76. The third-order valence-electron chi connectivity index (χ3n) is 3.59. The van der Waals surface area contributed by atoms with E-state index in [0.29, 0.717) is 10.7 Å². The molecule has 0 unspecified atom stereocenters. The van der Waals surface area contributed by atoms with Gasteiger partial charge < -0.3 is 0 Å². The van der Waals surface area contributed by atoms with Crippen LogP contribution in [0.2, 0.25) is 5.02 Å². The molecule has 29 heavy (non-hydrogen) atoms. The topological polar surface area (TPSA) is 102 Å². The van der Waals surface area contributed by atoms with Gasteiger partial charge in [0.25, 0.3) is 10.0 Å². The van der Waals surface area contributed by atoms with Crippen molar-refractivity contribution in [2.75, 3.05) is 4.72 Å². The third kappa shape index (κ3) is 5.55. The van der Waals surface area contributed by atoms with Crippen LogP contribution >= 0.6 is 11.6 Å². The van der Waals surface area contributed by atoms with Crippen molar-refractivity contribution < 1.29 is 17.6 Å². The number of halogens is 2. The molecule has 0 bridgehead atoms. The van der Waals surface area contributed by atoms with Crippen molar-refractivity contribution in [2.24, 2.45) is 10.2 Å². The van der Waals surface area contributed by atoms with E-state index in [2.05, 4.69) is 19.9 Å². The molecule has 146 valence electrons. The number of rotatable bonds is 5. The van der Waals surface area contributed by atoms with Crippen LogP contribution in [0.5, 0.6) is 0 Å². The van der Waals surface area contributed by atoms with Crippen molar-refractivity contribution in [1.29, 1.82) is 0 Å². The Morgan fingerprint density at radius 3 is 2.45 bits per heavy atom. The van der Waals surface area contributed by atoms with Crippen LogP contribution in [-0.2, 0) is 10.0 Å². The summed E-state index contributed by atoms with van der Waals surface area (Å²) in [4.78, 5) is 15.4. The van der Waals surface area contributed by atoms with E-state index in [1.165, 1.54) is 36.4 Å². The summed E-state index contributed by atoms with van der Waals surface area (Å²) in [6.45, 7) is 0. The summed E-state index contributed by atoms with van der Waals surface area (Å²) in [6.07, 6.45) is 0. The Morgan fingerprint density at radius 1 is 1.00 bits per heavy atom. The Morgan fingerprint density at radius 2 is 1.72 bits per heavy atom. The minimum absolute atomic E-state index is 0.00201. The van der Waals surface area contributed by atoms with Gasteiger partial charge in [-0.25, -0.2) is 12.8 Å². The summed E-state index contributed by atoms with van der Waals surface area (Å²) in [5.41, 5.74) is 0.506. The Balaban J connectivity index is 1.80. The number of nitrogens with zero attached hydrogens (tertiary/aromatic N) is 3. The number of nitrogens with one attached hydrogen (secondary N) is 1. The fourth-order valence-electron chi connectivity index (χ4n) is 2.24. The Hall–Kier alpha value is -3.39. The molecule has 0 radical (unpaired) electrons. The number of amides is 1. The second kappa shape index (κ2) is 8.74. The summed E-state index contributed by atoms with van der Waals surface area (Å²) in [6, 6.07) is 16.6. The molecule has 0 saturated heterocycles. The lowest BCUT2D eigenvalue weighted by Gasteiger charge is -2.08. The van der Waals surface area contributed by atoms with E-state index in [0.717, 1.165) is 12.1 Å². The smallest absolute Gasteiger partial charge is 0.280 e. The lowest BCUT2D eigenvalue weighted by atomic mass is 10.2. The highest BCUT2D eigenvalue weighted by Crippen LogP contribution is 2.18. The molecule has 1 N–H and O–H groups in total.